The van der Waals surface area contributed by atoms with Crippen LogP contribution >= 0.6 is 0 Å². The van der Waals surface area contributed by atoms with Crippen LogP contribution in [-0.4, -0.2) is 41.3 Å². The number of ether oxygens (including phenoxy) is 1. The van der Waals surface area contributed by atoms with Crippen molar-refractivity contribution < 1.29 is 14.3 Å². The molecule has 1 aliphatic heterocycles. The third-order valence-electron chi connectivity index (χ3n) is 4.76. The number of hydrogen-bond donors (Lipinski definition) is 2. The van der Waals surface area contributed by atoms with Crippen molar-refractivity contribution in [2.75, 3.05) is 19.0 Å². The molecule has 0 saturated heterocycles. The number of carbonyl (C=O) groups excluding carboxylic acids is 2. The summed E-state index contributed by atoms with van der Waals surface area (Å²) in [6.45, 7) is 4.34. The van der Waals surface area contributed by atoms with Crippen molar-refractivity contribution in [2.45, 2.75) is 32.2 Å². The van der Waals surface area contributed by atoms with Crippen molar-refractivity contribution in [1.82, 2.24) is 9.88 Å². The summed E-state index contributed by atoms with van der Waals surface area (Å²) < 4.78 is 5.62. The Balaban J connectivity index is 1.84. The summed E-state index contributed by atoms with van der Waals surface area (Å²) >= 11 is 0. The van der Waals surface area contributed by atoms with E-state index in [-0.39, 0.29) is 29.9 Å². The van der Waals surface area contributed by atoms with Crippen molar-refractivity contribution >= 4 is 23.5 Å². The zero-order valence-electron chi connectivity index (χ0n) is 16.8. The Morgan fingerprint density at radius 3 is 2.86 bits per heavy atom. The second kappa shape index (κ2) is 8.30. The third kappa shape index (κ3) is 4.37. The van der Waals surface area contributed by atoms with Crippen LogP contribution in [0.4, 0.5) is 5.69 Å². The molecule has 0 spiro atoms. The first-order valence-corrected chi connectivity index (χ1v) is 9.45. The van der Waals surface area contributed by atoms with Crippen LogP contribution < -0.4 is 15.8 Å². The minimum Gasteiger partial charge on any atom is -0.491 e. The minimum atomic E-state index is -0.797. The van der Waals surface area contributed by atoms with Crippen LogP contribution in [0.1, 0.15) is 42.7 Å². The van der Waals surface area contributed by atoms with Crippen molar-refractivity contribution in [3.05, 3.63) is 53.9 Å². The molecule has 0 aliphatic carbocycles. The molecule has 0 unspecified atom stereocenters. The van der Waals surface area contributed by atoms with E-state index in [0.717, 1.165) is 12.0 Å². The Morgan fingerprint density at radius 1 is 1.34 bits per heavy atom. The van der Waals surface area contributed by atoms with Gasteiger partial charge in [0.15, 0.2) is 17.4 Å². The Hall–Kier alpha value is -3.42. The van der Waals surface area contributed by atoms with E-state index in [1.165, 1.54) is 4.90 Å². The molecule has 1 aromatic carbocycles. The summed E-state index contributed by atoms with van der Waals surface area (Å²) in [6.07, 6.45) is 2.57. The molecule has 0 saturated carbocycles. The van der Waals surface area contributed by atoms with Gasteiger partial charge in [0.05, 0.1) is 18.6 Å². The van der Waals surface area contributed by atoms with Gasteiger partial charge in [0.25, 0.3) is 5.91 Å². The number of hydrogen-bond acceptors (Lipinski definition) is 6. The highest BCUT2D eigenvalue weighted by Crippen LogP contribution is 2.34. The van der Waals surface area contributed by atoms with Gasteiger partial charge in [-0.15, -0.1) is 0 Å². The molecule has 152 valence electrons. The van der Waals surface area contributed by atoms with Crippen molar-refractivity contribution in [1.29, 1.82) is 0 Å². The fraction of sp³-hybridized carbons (Fsp3) is 0.333. The lowest BCUT2D eigenvalue weighted by Crippen LogP contribution is -2.47. The highest BCUT2D eigenvalue weighted by molar-refractivity contribution is 6.04. The number of rotatable bonds is 6. The van der Waals surface area contributed by atoms with E-state index in [1.807, 2.05) is 19.9 Å². The molecular weight excluding hydrogens is 370 g/mol. The number of aromatic nitrogens is 1. The highest BCUT2D eigenvalue weighted by atomic mass is 16.5. The highest BCUT2D eigenvalue weighted by Gasteiger charge is 2.36. The van der Waals surface area contributed by atoms with Gasteiger partial charge in [-0.2, -0.15) is 0 Å². The number of pyridine rings is 1. The summed E-state index contributed by atoms with van der Waals surface area (Å²) in [6, 6.07) is 10.7. The molecule has 8 heteroatoms. The first kappa shape index (κ1) is 20.3. The molecule has 29 heavy (non-hydrogen) atoms. The van der Waals surface area contributed by atoms with Gasteiger partial charge in [-0.25, -0.2) is 9.98 Å². The number of nitrogens with zero attached hydrogens (tertiary/aromatic N) is 3. The van der Waals surface area contributed by atoms with E-state index < -0.39 is 5.54 Å². The van der Waals surface area contributed by atoms with Crippen molar-refractivity contribution in [3.63, 3.8) is 0 Å². The molecule has 0 radical (unpaired) electrons. The normalized spacial score (nSPS) is 18.9. The van der Waals surface area contributed by atoms with Gasteiger partial charge in [0, 0.05) is 18.9 Å². The number of aliphatic imine (C=N–C) groups is 1. The van der Waals surface area contributed by atoms with E-state index in [2.05, 4.69) is 15.3 Å². The zero-order chi connectivity index (χ0) is 21.0. The summed E-state index contributed by atoms with van der Waals surface area (Å²) in [5.74, 6) is 0.125. The Bertz CT molecular complexity index is 959. The monoisotopic (exact) mass is 395 g/mol. The molecule has 1 aliphatic rings. The van der Waals surface area contributed by atoms with Gasteiger partial charge in [-0.1, -0.05) is 19.1 Å². The van der Waals surface area contributed by atoms with E-state index in [9.17, 15) is 9.59 Å². The Kier molecular flexibility index (Phi) is 5.81. The average molecular weight is 395 g/mol. The van der Waals surface area contributed by atoms with E-state index >= 15 is 0 Å². The van der Waals surface area contributed by atoms with Crippen LogP contribution in [0.5, 0.6) is 5.75 Å². The number of nitrogens with two attached hydrogens (primary N) is 1. The molecule has 3 N–H and O–H groups in total. The number of amides is 2. The van der Waals surface area contributed by atoms with Gasteiger partial charge < -0.3 is 15.8 Å². The van der Waals surface area contributed by atoms with Gasteiger partial charge in [-0.3, -0.25) is 14.5 Å². The van der Waals surface area contributed by atoms with Crippen LogP contribution in [0, 0.1) is 0 Å². The van der Waals surface area contributed by atoms with E-state index in [0.29, 0.717) is 18.0 Å². The second-order valence-corrected chi connectivity index (χ2v) is 7.11. The van der Waals surface area contributed by atoms with Gasteiger partial charge in [0.2, 0.25) is 5.91 Å². The van der Waals surface area contributed by atoms with Crippen LogP contribution in [0.15, 0.2) is 47.6 Å². The topological polar surface area (TPSA) is 110 Å². The van der Waals surface area contributed by atoms with E-state index in [4.69, 9.17) is 10.5 Å². The molecule has 2 aromatic rings. The largest absolute Gasteiger partial charge is 0.491 e. The molecule has 3 rings (SSSR count). The number of anilines is 1. The van der Waals surface area contributed by atoms with Gasteiger partial charge >= 0.3 is 0 Å². The fourth-order valence-electron chi connectivity index (χ4n) is 3.09. The SMILES string of the molecule is CCCOc1cccnc1C(=O)Nc1cccc([C@]2(C)CC(=O)N(C)C(N)=N2)c1. The molecular formula is C21H25N5O3. The summed E-state index contributed by atoms with van der Waals surface area (Å²) in [5, 5.41) is 2.85. The summed E-state index contributed by atoms with van der Waals surface area (Å²) in [5.41, 5.74) is 6.67. The van der Waals surface area contributed by atoms with E-state index in [1.54, 1.807) is 43.6 Å². The maximum atomic E-state index is 12.8. The number of nitrogens with one attached hydrogen (secondary N) is 1. The molecule has 0 fully saturated rings. The molecule has 1 aromatic heterocycles. The fourth-order valence-corrected chi connectivity index (χ4v) is 3.09. The van der Waals surface area contributed by atoms with Crippen LogP contribution in [0.25, 0.3) is 0 Å². The summed E-state index contributed by atoms with van der Waals surface area (Å²) in [4.78, 5) is 35.0. The first-order valence-electron chi connectivity index (χ1n) is 9.45. The van der Waals surface area contributed by atoms with Gasteiger partial charge in [-0.05, 0) is 43.2 Å². The van der Waals surface area contributed by atoms with Crippen molar-refractivity contribution in [3.8, 4) is 5.75 Å². The third-order valence-corrected chi connectivity index (χ3v) is 4.76. The molecule has 2 heterocycles. The van der Waals surface area contributed by atoms with Gasteiger partial charge in [0.1, 0.15) is 0 Å². The summed E-state index contributed by atoms with van der Waals surface area (Å²) in [7, 11) is 1.60. The maximum Gasteiger partial charge on any atom is 0.278 e. The molecule has 0 bridgehead atoms. The molecule has 1 atom stereocenters. The maximum absolute atomic E-state index is 12.8. The standard InChI is InChI=1S/C21H25N5O3/c1-4-11-29-16-9-6-10-23-18(16)19(28)24-15-8-5-7-14(12-15)21(2)13-17(27)26(3)20(22)25-21/h5-10,12H,4,11,13H2,1-3H3,(H2,22,25)(H,24,28)/t21-/m0/s1. The first-order chi connectivity index (χ1) is 13.8. The average Bonchev–Trinajstić information content (AvgIpc) is 2.71. The quantitative estimate of drug-likeness (QED) is 0.781. The second-order valence-electron chi connectivity index (χ2n) is 7.11. The van der Waals surface area contributed by atoms with Crippen LogP contribution in [0.2, 0.25) is 0 Å². The lowest BCUT2D eigenvalue weighted by molar-refractivity contribution is -0.128. The smallest absolute Gasteiger partial charge is 0.278 e. The predicted octanol–water partition coefficient (Wildman–Crippen LogP) is 2.51. The number of carbonyl (C=O) groups is 2. The molecule has 2 amide bonds. The Morgan fingerprint density at radius 2 is 2.14 bits per heavy atom. The van der Waals surface area contributed by atoms with Crippen LogP contribution in [0.3, 0.4) is 0 Å². The molecule has 8 nitrogen and oxygen atoms in total. The lowest BCUT2D eigenvalue weighted by Gasteiger charge is -2.33. The number of benzene rings is 1. The minimum absolute atomic E-state index is 0.111. The number of guanidine groups is 1. The zero-order valence-corrected chi connectivity index (χ0v) is 16.8. The Labute approximate surface area is 169 Å². The predicted molar refractivity (Wildman–Crippen MR) is 111 cm³/mol. The van der Waals surface area contributed by atoms with Crippen molar-refractivity contribution in [2.24, 2.45) is 10.7 Å². The van der Waals surface area contributed by atoms with Crippen LogP contribution in [-0.2, 0) is 10.3 Å². The lowest BCUT2D eigenvalue weighted by atomic mass is 9.87.